The SMILES string of the molecule is C=Cc1cncc(Br)c1/C=N/OC. The maximum Gasteiger partial charge on any atom is 0.106 e. The smallest absolute Gasteiger partial charge is 0.106 e. The van der Waals surface area contributed by atoms with Crippen molar-refractivity contribution in [3.63, 3.8) is 0 Å². The predicted octanol–water partition coefficient (Wildman–Crippen LogP) is 2.47. The number of hydrogen-bond acceptors (Lipinski definition) is 3. The summed E-state index contributed by atoms with van der Waals surface area (Å²) < 4.78 is 0.866. The van der Waals surface area contributed by atoms with Gasteiger partial charge in [-0.05, 0) is 15.9 Å². The van der Waals surface area contributed by atoms with E-state index in [0.717, 1.165) is 15.6 Å². The maximum atomic E-state index is 4.59. The van der Waals surface area contributed by atoms with Crippen molar-refractivity contribution >= 4 is 28.2 Å². The lowest BCUT2D eigenvalue weighted by molar-refractivity contribution is 0.215. The molecule has 0 radical (unpaired) electrons. The summed E-state index contributed by atoms with van der Waals surface area (Å²) in [5.74, 6) is 0. The molecular weight excluding hydrogens is 232 g/mol. The molecule has 0 amide bonds. The molecule has 4 heteroatoms. The Morgan fingerprint density at radius 2 is 2.38 bits per heavy atom. The third kappa shape index (κ3) is 2.39. The van der Waals surface area contributed by atoms with Crippen LogP contribution in [0.3, 0.4) is 0 Å². The fraction of sp³-hybridized carbons (Fsp3) is 0.111. The second-order valence-corrected chi connectivity index (χ2v) is 3.10. The summed E-state index contributed by atoms with van der Waals surface area (Å²) in [5.41, 5.74) is 1.82. The molecule has 0 N–H and O–H groups in total. The zero-order valence-corrected chi connectivity index (χ0v) is 8.78. The van der Waals surface area contributed by atoms with Gasteiger partial charge in [0.25, 0.3) is 0 Å². The summed E-state index contributed by atoms with van der Waals surface area (Å²) in [7, 11) is 1.50. The first-order valence-corrected chi connectivity index (χ1v) is 4.41. The lowest BCUT2D eigenvalue weighted by atomic mass is 10.1. The molecule has 0 saturated carbocycles. The van der Waals surface area contributed by atoms with Gasteiger partial charge in [0.05, 0.1) is 6.21 Å². The molecule has 0 aliphatic rings. The first-order valence-electron chi connectivity index (χ1n) is 3.62. The minimum absolute atomic E-state index is 0.866. The van der Waals surface area contributed by atoms with Crippen LogP contribution < -0.4 is 0 Å². The zero-order valence-electron chi connectivity index (χ0n) is 7.20. The molecule has 1 aromatic rings. The van der Waals surface area contributed by atoms with E-state index < -0.39 is 0 Å². The van der Waals surface area contributed by atoms with Gasteiger partial charge >= 0.3 is 0 Å². The van der Waals surface area contributed by atoms with Crippen LogP contribution in [0.4, 0.5) is 0 Å². The molecule has 0 spiro atoms. The van der Waals surface area contributed by atoms with Crippen molar-refractivity contribution in [2.75, 3.05) is 7.11 Å². The Morgan fingerprint density at radius 1 is 1.62 bits per heavy atom. The molecule has 0 bridgehead atoms. The van der Waals surface area contributed by atoms with Gasteiger partial charge in [0.15, 0.2) is 0 Å². The number of hydrogen-bond donors (Lipinski definition) is 0. The highest BCUT2D eigenvalue weighted by atomic mass is 79.9. The van der Waals surface area contributed by atoms with Crippen molar-refractivity contribution < 1.29 is 4.84 Å². The predicted molar refractivity (Wildman–Crippen MR) is 56.6 cm³/mol. The van der Waals surface area contributed by atoms with Crippen LogP contribution in [0.1, 0.15) is 11.1 Å². The minimum atomic E-state index is 0.866. The molecule has 0 saturated heterocycles. The molecule has 68 valence electrons. The van der Waals surface area contributed by atoms with E-state index in [-0.39, 0.29) is 0 Å². The third-order valence-corrected chi connectivity index (χ3v) is 2.11. The van der Waals surface area contributed by atoms with Crippen molar-refractivity contribution in [2.45, 2.75) is 0 Å². The van der Waals surface area contributed by atoms with Gasteiger partial charge < -0.3 is 4.84 Å². The molecule has 0 fully saturated rings. The Morgan fingerprint density at radius 3 is 3.00 bits per heavy atom. The Kier molecular flexibility index (Phi) is 3.64. The number of rotatable bonds is 3. The maximum absolute atomic E-state index is 4.59. The second kappa shape index (κ2) is 4.77. The van der Waals surface area contributed by atoms with Crippen molar-refractivity contribution in [3.8, 4) is 0 Å². The highest BCUT2D eigenvalue weighted by Gasteiger charge is 2.01. The average molecular weight is 241 g/mol. The molecule has 1 heterocycles. The van der Waals surface area contributed by atoms with E-state index >= 15 is 0 Å². The third-order valence-electron chi connectivity index (χ3n) is 1.48. The lowest BCUT2D eigenvalue weighted by Crippen LogP contribution is -1.91. The minimum Gasteiger partial charge on any atom is -0.399 e. The Hall–Kier alpha value is -1.16. The van der Waals surface area contributed by atoms with Gasteiger partial charge in [-0.2, -0.15) is 0 Å². The molecule has 1 aromatic heterocycles. The Labute approximate surface area is 85.3 Å². The van der Waals surface area contributed by atoms with Gasteiger partial charge in [-0.15, -0.1) is 0 Å². The van der Waals surface area contributed by atoms with E-state index in [1.54, 1.807) is 24.7 Å². The summed E-state index contributed by atoms with van der Waals surface area (Å²) in [6, 6.07) is 0. The van der Waals surface area contributed by atoms with Gasteiger partial charge in [-0.1, -0.05) is 17.8 Å². The molecule has 0 unspecified atom stereocenters. The fourth-order valence-corrected chi connectivity index (χ4v) is 1.31. The van der Waals surface area contributed by atoms with Crippen LogP contribution >= 0.6 is 15.9 Å². The zero-order chi connectivity index (χ0) is 9.68. The summed E-state index contributed by atoms with van der Waals surface area (Å²) in [5, 5.41) is 3.68. The normalized spacial score (nSPS) is 10.3. The highest BCUT2D eigenvalue weighted by molar-refractivity contribution is 9.10. The van der Waals surface area contributed by atoms with E-state index in [4.69, 9.17) is 0 Å². The van der Waals surface area contributed by atoms with Gasteiger partial charge in [0.1, 0.15) is 7.11 Å². The Balaban J connectivity index is 3.14. The van der Waals surface area contributed by atoms with E-state index in [2.05, 4.69) is 37.5 Å². The van der Waals surface area contributed by atoms with Gasteiger partial charge in [-0.25, -0.2) is 0 Å². The van der Waals surface area contributed by atoms with E-state index in [0.29, 0.717) is 0 Å². The first kappa shape index (κ1) is 9.92. The summed E-state index contributed by atoms with van der Waals surface area (Å²) in [4.78, 5) is 8.60. The number of halogens is 1. The quantitative estimate of drug-likeness (QED) is 0.601. The van der Waals surface area contributed by atoms with Crippen LogP contribution in [0.2, 0.25) is 0 Å². The molecule has 1 rings (SSSR count). The first-order chi connectivity index (χ1) is 6.29. The molecule has 0 atom stereocenters. The molecule has 0 aromatic carbocycles. The molecule has 3 nitrogen and oxygen atoms in total. The standard InChI is InChI=1S/C9H9BrN2O/c1-3-7-4-11-6-9(10)8(7)5-12-13-2/h3-6H,1H2,2H3/b12-5+. The number of nitrogens with zero attached hydrogens (tertiary/aromatic N) is 2. The summed E-state index contributed by atoms with van der Waals surface area (Å²) >= 11 is 3.36. The van der Waals surface area contributed by atoms with Crippen molar-refractivity contribution in [2.24, 2.45) is 5.16 Å². The van der Waals surface area contributed by atoms with Crippen molar-refractivity contribution in [1.29, 1.82) is 0 Å². The summed E-state index contributed by atoms with van der Waals surface area (Å²) in [6.45, 7) is 3.68. The van der Waals surface area contributed by atoms with Crippen LogP contribution in [-0.2, 0) is 4.84 Å². The number of oxime groups is 1. The van der Waals surface area contributed by atoms with Crippen molar-refractivity contribution in [1.82, 2.24) is 4.98 Å². The van der Waals surface area contributed by atoms with E-state index in [9.17, 15) is 0 Å². The van der Waals surface area contributed by atoms with E-state index in [1.807, 2.05) is 0 Å². The molecule has 0 aliphatic carbocycles. The van der Waals surface area contributed by atoms with Crippen LogP contribution in [0.5, 0.6) is 0 Å². The molecule has 13 heavy (non-hydrogen) atoms. The topological polar surface area (TPSA) is 34.5 Å². The fourth-order valence-electron chi connectivity index (χ4n) is 0.864. The highest BCUT2D eigenvalue weighted by Crippen LogP contribution is 2.17. The Bertz CT molecular complexity index is 336. The van der Waals surface area contributed by atoms with Crippen LogP contribution in [0.15, 0.2) is 28.6 Å². The largest absolute Gasteiger partial charge is 0.399 e. The summed E-state index contributed by atoms with van der Waals surface area (Å²) in [6.07, 6.45) is 6.75. The lowest BCUT2D eigenvalue weighted by Gasteiger charge is -2.00. The van der Waals surface area contributed by atoms with Gasteiger partial charge in [-0.3, -0.25) is 4.98 Å². The molecule has 0 aliphatic heterocycles. The van der Waals surface area contributed by atoms with Crippen molar-refractivity contribution in [3.05, 3.63) is 34.6 Å². The molecular formula is C9H9BrN2O. The second-order valence-electron chi connectivity index (χ2n) is 2.25. The monoisotopic (exact) mass is 240 g/mol. The number of pyridine rings is 1. The van der Waals surface area contributed by atoms with Crippen LogP contribution in [0, 0.1) is 0 Å². The van der Waals surface area contributed by atoms with Crippen LogP contribution in [-0.4, -0.2) is 18.3 Å². The van der Waals surface area contributed by atoms with E-state index in [1.165, 1.54) is 7.11 Å². The van der Waals surface area contributed by atoms with Gasteiger partial charge in [0, 0.05) is 28.0 Å². The number of aromatic nitrogens is 1. The van der Waals surface area contributed by atoms with Gasteiger partial charge in [0.2, 0.25) is 0 Å². The van der Waals surface area contributed by atoms with Crippen LogP contribution in [0.25, 0.3) is 6.08 Å². The average Bonchev–Trinajstić information content (AvgIpc) is 2.15.